The number of ether oxygens (including phenoxy) is 1. The molecule has 2 N–H and O–H groups in total. The zero-order valence-electron chi connectivity index (χ0n) is 17.0. The lowest BCUT2D eigenvalue weighted by Crippen LogP contribution is -2.45. The molecule has 0 aromatic carbocycles. The Hall–Kier alpha value is -0.950. The van der Waals surface area contributed by atoms with Gasteiger partial charge in [0.25, 0.3) is 0 Å². The fraction of sp³-hybridized carbons (Fsp3) is 0.857. The lowest BCUT2D eigenvalue weighted by molar-refractivity contribution is -0.360. The van der Waals surface area contributed by atoms with Crippen molar-refractivity contribution in [3.63, 3.8) is 0 Å². The summed E-state index contributed by atoms with van der Waals surface area (Å²) >= 11 is 0. The Balaban J connectivity index is 1.57. The third kappa shape index (κ3) is 4.73. The van der Waals surface area contributed by atoms with Crippen LogP contribution in [0.25, 0.3) is 0 Å². The maximum atomic E-state index is 12.7. The molecule has 0 aromatic rings. The van der Waals surface area contributed by atoms with Crippen LogP contribution in [-0.2, 0) is 19.3 Å². The van der Waals surface area contributed by atoms with Crippen LogP contribution in [0.3, 0.4) is 0 Å². The normalized spacial score (nSPS) is 36.1. The Bertz CT molecular complexity index is 534. The van der Waals surface area contributed by atoms with Crippen molar-refractivity contribution in [2.75, 3.05) is 13.1 Å². The van der Waals surface area contributed by atoms with E-state index >= 15 is 0 Å². The van der Waals surface area contributed by atoms with Crippen molar-refractivity contribution in [3.8, 4) is 0 Å². The van der Waals surface area contributed by atoms with E-state index in [4.69, 9.17) is 20.2 Å². The molecule has 1 spiro atoms. The van der Waals surface area contributed by atoms with Gasteiger partial charge in [-0.05, 0) is 51.4 Å². The van der Waals surface area contributed by atoms with Crippen molar-refractivity contribution in [1.29, 1.82) is 0 Å². The number of hydrogen-bond donors (Lipinski definition) is 1. The number of allylic oxidation sites excluding steroid dienone is 1. The van der Waals surface area contributed by atoms with E-state index in [0.29, 0.717) is 12.8 Å². The van der Waals surface area contributed by atoms with Gasteiger partial charge in [-0.3, -0.25) is 4.79 Å². The summed E-state index contributed by atoms with van der Waals surface area (Å²) in [7, 11) is 0. The summed E-state index contributed by atoms with van der Waals surface area (Å²) in [4.78, 5) is 26.2. The fourth-order valence-electron chi connectivity index (χ4n) is 4.84. The highest BCUT2D eigenvalue weighted by Crippen LogP contribution is 2.48. The second-order valence-electron chi connectivity index (χ2n) is 8.71. The largest absolute Gasteiger partial charge is 0.343 e. The Morgan fingerprint density at radius 2 is 2.07 bits per heavy atom. The summed E-state index contributed by atoms with van der Waals surface area (Å²) in [5.41, 5.74) is 5.95. The van der Waals surface area contributed by atoms with Gasteiger partial charge in [-0.2, -0.15) is 9.78 Å². The lowest BCUT2D eigenvalue weighted by atomic mass is 9.82. The van der Waals surface area contributed by atoms with E-state index in [-0.39, 0.29) is 23.8 Å². The van der Waals surface area contributed by atoms with Crippen LogP contribution in [0.1, 0.15) is 71.6 Å². The molecule has 154 valence electrons. The van der Waals surface area contributed by atoms with Gasteiger partial charge in [0.2, 0.25) is 17.5 Å². The van der Waals surface area contributed by atoms with E-state index < -0.39 is 11.6 Å². The van der Waals surface area contributed by atoms with Gasteiger partial charge >= 0.3 is 0 Å². The van der Waals surface area contributed by atoms with Crippen LogP contribution in [0.4, 0.5) is 0 Å². The lowest BCUT2D eigenvalue weighted by Gasteiger charge is -2.37. The molecule has 2 aliphatic heterocycles. The van der Waals surface area contributed by atoms with Crippen molar-refractivity contribution in [1.82, 2.24) is 4.90 Å². The molecule has 2 heterocycles. The third-order valence-electron chi connectivity index (χ3n) is 6.56. The first-order valence-electron chi connectivity index (χ1n) is 10.6. The number of nitrogens with zero attached hydrogens (tertiary/aromatic N) is 1. The smallest absolute Gasteiger partial charge is 0.222 e. The average Bonchev–Trinajstić information content (AvgIpc) is 2.97. The van der Waals surface area contributed by atoms with Crippen LogP contribution >= 0.6 is 0 Å². The monoisotopic (exact) mass is 380 g/mol. The van der Waals surface area contributed by atoms with Gasteiger partial charge in [-0.25, -0.2) is 0 Å². The number of piperidine rings is 1. The van der Waals surface area contributed by atoms with Gasteiger partial charge in [-0.15, -0.1) is 6.58 Å². The van der Waals surface area contributed by atoms with Crippen LogP contribution in [0.15, 0.2) is 12.7 Å². The zero-order chi connectivity index (χ0) is 19.5. The molecule has 3 rings (SSSR count). The molecule has 0 aromatic heterocycles. The van der Waals surface area contributed by atoms with Crippen LogP contribution in [0.5, 0.6) is 0 Å². The van der Waals surface area contributed by atoms with E-state index in [1.54, 1.807) is 0 Å². The van der Waals surface area contributed by atoms with E-state index in [1.807, 2.05) is 17.9 Å². The summed E-state index contributed by atoms with van der Waals surface area (Å²) in [5.74, 6) is -0.751. The molecule has 0 radical (unpaired) electrons. The van der Waals surface area contributed by atoms with Crippen LogP contribution in [-0.4, -0.2) is 41.5 Å². The minimum atomic E-state index is -0.752. The molecule has 6 heteroatoms. The molecule has 2 saturated heterocycles. The van der Waals surface area contributed by atoms with E-state index in [0.717, 1.165) is 58.0 Å². The fourth-order valence-corrected chi connectivity index (χ4v) is 4.84. The molecular weight excluding hydrogens is 344 g/mol. The minimum Gasteiger partial charge on any atom is -0.343 e. The molecule has 27 heavy (non-hydrogen) atoms. The van der Waals surface area contributed by atoms with Crippen molar-refractivity contribution in [2.24, 2.45) is 17.6 Å². The second kappa shape index (κ2) is 8.60. The molecule has 1 unspecified atom stereocenters. The highest BCUT2D eigenvalue weighted by atomic mass is 17.3. The van der Waals surface area contributed by atoms with Gasteiger partial charge < -0.3 is 15.4 Å². The quantitative estimate of drug-likeness (QED) is 0.564. The number of likely N-dealkylation sites (tertiary alicyclic amines) is 1. The first-order valence-corrected chi connectivity index (χ1v) is 10.6. The standard InChI is InChI=1S/C21H36N2O4/c1-4-7-17(5-2)20(3)25-21(27-26-20)11-6-8-16(15-21)14-19(24)23-12-9-18(22)10-13-23/h4,16-18H,1,5-15,22H2,2-3H3/t16-,17?,20+,21+/m0/s1. The van der Waals surface area contributed by atoms with Gasteiger partial charge in [0.05, 0.1) is 0 Å². The van der Waals surface area contributed by atoms with Gasteiger partial charge in [-0.1, -0.05) is 13.0 Å². The number of rotatable bonds is 6. The number of hydrogen-bond acceptors (Lipinski definition) is 5. The van der Waals surface area contributed by atoms with Crippen molar-refractivity contribution in [2.45, 2.75) is 89.3 Å². The Morgan fingerprint density at radius 1 is 1.33 bits per heavy atom. The third-order valence-corrected chi connectivity index (χ3v) is 6.56. The van der Waals surface area contributed by atoms with Crippen molar-refractivity contribution < 1.29 is 19.3 Å². The maximum absolute atomic E-state index is 12.7. The Labute approximate surface area is 163 Å². The van der Waals surface area contributed by atoms with Crippen molar-refractivity contribution in [3.05, 3.63) is 12.7 Å². The SMILES string of the molecule is C=CCC(CC)[C@@]1(C)OO[C@@]2(CCC[C@@H](CC(=O)N3CCC(N)CC3)C2)O1. The predicted octanol–water partition coefficient (Wildman–Crippen LogP) is 3.51. The molecule has 4 atom stereocenters. The molecule has 1 aliphatic carbocycles. The molecule has 1 amide bonds. The number of nitrogens with two attached hydrogens (primary N) is 1. The molecular formula is C21H36N2O4. The number of amides is 1. The van der Waals surface area contributed by atoms with E-state index in [2.05, 4.69) is 13.5 Å². The topological polar surface area (TPSA) is 74.0 Å². The summed E-state index contributed by atoms with van der Waals surface area (Å²) in [6, 6.07) is 0.240. The first kappa shape index (κ1) is 20.8. The second-order valence-corrected chi connectivity index (χ2v) is 8.71. The van der Waals surface area contributed by atoms with E-state index in [9.17, 15) is 4.79 Å². The van der Waals surface area contributed by atoms with Gasteiger partial charge in [0, 0.05) is 44.3 Å². The van der Waals surface area contributed by atoms with Gasteiger partial charge in [0.15, 0.2) is 0 Å². The van der Waals surface area contributed by atoms with Crippen molar-refractivity contribution >= 4 is 5.91 Å². The van der Waals surface area contributed by atoms with E-state index in [1.165, 1.54) is 0 Å². The van der Waals surface area contributed by atoms with Crippen LogP contribution < -0.4 is 5.73 Å². The predicted molar refractivity (Wildman–Crippen MR) is 103 cm³/mol. The summed E-state index contributed by atoms with van der Waals surface area (Å²) in [6.45, 7) is 9.51. The Morgan fingerprint density at radius 3 is 2.74 bits per heavy atom. The summed E-state index contributed by atoms with van der Waals surface area (Å²) in [6.07, 6.45) is 9.58. The average molecular weight is 381 g/mol. The number of carbonyl (C=O) groups excluding carboxylic acids is 1. The maximum Gasteiger partial charge on any atom is 0.222 e. The Kier molecular flexibility index (Phi) is 6.62. The highest BCUT2D eigenvalue weighted by molar-refractivity contribution is 5.76. The molecule has 0 bridgehead atoms. The van der Waals surface area contributed by atoms with Crippen LogP contribution in [0.2, 0.25) is 0 Å². The molecule has 3 aliphatic rings. The van der Waals surface area contributed by atoms with Crippen LogP contribution in [0, 0.1) is 11.8 Å². The summed E-state index contributed by atoms with van der Waals surface area (Å²) < 4.78 is 6.42. The highest BCUT2D eigenvalue weighted by Gasteiger charge is 2.55. The molecule has 6 nitrogen and oxygen atoms in total. The van der Waals surface area contributed by atoms with Gasteiger partial charge in [0.1, 0.15) is 0 Å². The number of carbonyl (C=O) groups is 1. The zero-order valence-corrected chi connectivity index (χ0v) is 17.0. The molecule has 3 fully saturated rings. The minimum absolute atomic E-state index is 0.203. The molecule has 1 saturated carbocycles. The summed E-state index contributed by atoms with van der Waals surface area (Å²) in [5, 5.41) is 0. The first-order chi connectivity index (χ1) is 12.9.